The van der Waals surface area contributed by atoms with Crippen molar-refractivity contribution in [1.82, 2.24) is 18.9 Å². The summed E-state index contributed by atoms with van der Waals surface area (Å²) in [5.74, 6) is 0.553. The highest BCUT2D eigenvalue weighted by Crippen LogP contribution is 2.24. The lowest BCUT2D eigenvalue weighted by Gasteiger charge is -2.08. The largest absolute Gasteiger partial charge is 0.295 e. The molecule has 0 saturated carbocycles. The number of fused-ring (bicyclic) bond motifs is 1. The lowest BCUT2D eigenvalue weighted by molar-refractivity contribution is 0.892. The molecule has 0 saturated heterocycles. The Morgan fingerprint density at radius 3 is 2.92 bits per heavy atom. The molecule has 0 bridgehead atoms. The number of hydrogen-bond donors (Lipinski definition) is 0. The predicted octanol–water partition coefficient (Wildman–Crippen LogP) is 4.13. The third-order valence-corrected chi connectivity index (χ3v) is 5.14. The number of hydrogen-bond acceptors (Lipinski definition) is 4. The molecule has 7 heteroatoms. The van der Waals surface area contributed by atoms with E-state index in [4.69, 9.17) is 11.6 Å². The van der Waals surface area contributed by atoms with E-state index in [2.05, 4.69) is 29.0 Å². The summed E-state index contributed by atoms with van der Waals surface area (Å²) in [4.78, 5) is 21.2. The van der Waals surface area contributed by atoms with Crippen LogP contribution in [0.5, 0.6) is 0 Å². The number of nitrogens with zero attached hydrogens (tertiary/aromatic N) is 4. The molecule has 0 unspecified atom stereocenters. The van der Waals surface area contributed by atoms with Gasteiger partial charge in [0, 0.05) is 36.1 Å². The van der Waals surface area contributed by atoms with Crippen LogP contribution in [0.4, 0.5) is 0 Å². The molecule has 0 radical (unpaired) electrons. The maximum atomic E-state index is 12.3. The van der Waals surface area contributed by atoms with Crippen LogP contribution in [0.15, 0.2) is 71.0 Å². The van der Waals surface area contributed by atoms with Crippen LogP contribution >= 0.6 is 23.4 Å². The van der Waals surface area contributed by atoms with Crippen LogP contribution in [-0.2, 0) is 5.75 Å². The molecule has 3 heterocycles. The van der Waals surface area contributed by atoms with Crippen LogP contribution in [0.2, 0.25) is 5.02 Å². The molecule has 1 aromatic carbocycles. The van der Waals surface area contributed by atoms with Gasteiger partial charge in [-0.2, -0.15) is 0 Å². The number of imidazole rings is 1. The molecule has 3 aromatic heterocycles. The van der Waals surface area contributed by atoms with Gasteiger partial charge in [0.15, 0.2) is 5.16 Å². The van der Waals surface area contributed by atoms with Gasteiger partial charge in [-0.25, -0.2) is 9.97 Å². The van der Waals surface area contributed by atoms with Gasteiger partial charge < -0.3 is 0 Å². The van der Waals surface area contributed by atoms with Crippen LogP contribution in [0.25, 0.3) is 11.3 Å². The summed E-state index contributed by atoms with van der Waals surface area (Å²) in [6.07, 6.45) is 5.28. The second kappa shape index (κ2) is 6.97. The molecule has 0 aliphatic carbocycles. The second-order valence-electron chi connectivity index (χ2n) is 5.87. The maximum Gasteiger partial charge on any atom is 0.258 e. The van der Waals surface area contributed by atoms with Gasteiger partial charge in [0.1, 0.15) is 5.65 Å². The Labute approximate surface area is 159 Å². The summed E-state index contributed by atoms with van der Waals surface area (Å²) in [5, 5.41) is 1.36. The van der Waals surface area contributed by atoms with Crippen LogP contribution < -0.4 is 5.56 Å². The van der Waals surface area contributed by atoms with Crippen molar-refractivity contribution in [3.8, 4) is 5.69 Å². The quantitative estimate of drug-likeness (QED) is 0.498. The summed E-state index contributed by atoms with van der Waals surface area (Å²) >= 11 is 7.49. The highest BCUT2D eigenvalue weighted by atomic mass is 35.5. The molecule has 0 amide bonds. The number of aromatic nitrogens is 4. The molecular weight excluding hydrogens is 368 g/mol. The fraction of sp³-hybridized carbons (Fsp3) is 0.105. The zero-order chi connectivity index (χ0) is 18.1. The Bertz CT molecular complexity index is 1150. The predicted molar refractivity (Wildman–Crippen MR) is 104 cm³/mol. The first kappa shape index (κ1) is 16.9. The van der Waals surface area contributed by atoms with Crippen LogP contribution in [-0.4, -0.2) is 18.9 Å². The highest BCUT2D eigenvalue weighted by molar-refractivity contribution is 7.98. The second-order valence-corrected chi connectivity index (χ2v) is 7.25. The van der Waals surface area contributed by atoms with Crippen LogP contribution in [0.1, 0.15) is 11.3 Å². The normalized spacial score (nSPS) is 11.2. The lowest BCUT2D eigenvalue weighted by Crippen LogP contribution is -2.15. The summed E-state index contributed by atoms with van der Waals surface area (Å²) in [6, 6.07) is 13.2. The van der Waals surface area contributed by atoms with E-state index in [0.717, 1.165) is 10.8 Å². The number of thioether (sulfide) groups is 1. The minimum absolute atomic E-state index is 0.143. The first-order valence-corrected chi connectivity index (χ1v) is 9.37. The van der Waals surface area contributed by atoms with Crippen molar-refractivity contribution in [2.45, 2.75) is 17.8 Å². The Morgan fingerprint density at radius 1 is 1.19 bits per heavy atom. The van der Waals surface area contributed by atoms with E-state index in [1.807, 2.05) is 22.9 Å². The standard InChI is InChI=1S/C19H15ClN4OS/c1-13-3-2-4-16(9-13)23-8-7-21-19(23)26-12-15-10-18(25)24-11-14(20)5-6-17(24)22-15/h2-11H,12H2,1H3. The van der Waals surface area contributed by atoms with Gasteiger partial charge in [-0.05, 0) is 36.8 Å². The Kier molecular flexibility index (Phi) is 4.53. The lowest BCUT2D eigenvalue weighted by atomic mass is 10.2. The fourth-order valence-corrected chi connectivity index (χ4v) is 3.74. The van der Waals surface area contributed by atoms with E-state index in [-0.39, 0.29) is 5.56 Å². The van der Waals surface area contributed by atoms with Gasteiger partial charge in [0.25, 0.3) is 5.56 Å². The molecule has 130 valence electrons. The van der Waals surface area contributed by atoms with Gasteiger partial charge in [-0.3, -0.25) is 13.8 Å². The average Bonchev–Trinajstić information content (AvgIpc) is 3.09. The number of rotatable bonds is 4. The summed E-state index contributed by atoms with van der Waals surface area (Å²) in [6.45, 7) is 2.06. The minimum atomic E-state index is -0.143. The highest BCUT2D eigenvalue weighted by Gasteiger charge is 2.09. The maximum absolute atomic E-state index is 12.3. The van der Waals surface area contributed by atoms with Gasteiger partial charge >= 0.3 is 0 Å². The van der Waals surface area contributed by atoms with Gasteiger partial charge in [-0.1, -0.05) is 35.5 Å². The van der Waals surface area contributed by atoms with Gasteiger partial charge in [0.05, 0.1) is 10.7 Å². The fourth-order valence-electron chi connectivity index (χ4n) is 2.71. The summed E-state index contributed by atoms with van der Waals surface area (Å²) < 4.78 is 3.48. The molecule has 4 rings (SSSR count). The van der Waals surface area contributed by atoms with E-state index in [0.29, 0.717) is 22.1 Å². The summed E-state index contributed by atoms with van der Waals surface area (Å²) in [5.41, 5.74) is 3.40. The molecule has 4 aromatic rings. The average molecular weight is 383 g/mol. The van der Waals surface area contributed by atoms with Gasteiger partial charge in [0.2, 0.25) is 0 Å². The SMILES string of the molecule is Cc1cccc(-n2ccnc2SCc2cc(=O)n3cc(Cl)ccc3n2)c1. The first-order valence-electron chi connectivity index (χ1n) is 8.01. The van der Waals surface area contributed by atoms with E-state index >= 15 is 0 Å². The van der Waals surface area contributed by atoms with Gasteiger partial charge in [-0.15, -0.1) is 0 Å². The van der Waals surface area contributed by atoms with Crippen LogP contribution in [0, 0.1) is 6.92 Å². The Balaban J connectivity index is 1.61. The molecule has 0 atom stereocenters. The molecule has 26 heavy (non-hydrogen) atoms. The number of benzene rings is 1. The summed E-state index contributed by atoms with van der Waals surface area (Å²) in [7, 11) is 0. The van der Waals surface area contributed by atoms with E-state index in [1.54, 1.807) is 36.3 Å². The zero-order valence-electron chi connectivity index (χ0n) is 14.0. The van der Waals surface area contributed by atoms with Crippen molar-refractivity contribution in [3.63, 3.8) is 0 Å². The van der Waals surface area contributed by atoms with Crippen molar-refractivity contribution in [2.24, 2.45) is 0 Å². The Hall–Kier alpha value is -2.57. The van der Waals surface area contributed by atoms with E-state index in [9.17, 15) is 4.79 Å². The topological polar surface area (TPSA) is 52.2 Å². The van der Waals surface area contributed by atoms with Crippen molar-refractivity contribution >= 4 is 29.0 Å². The number of aryl methyl sites for hydroxylation is 1. The minimum Gasteiger partial charge on any atom is -0.295 e. The molecule has 0 N–H and O–H groups in total. The molecule has 0 aliphatic heterocycles. The van der Waals surface area contributed by atoms with E-state index < -0.39 is 0 Å². The van der Waals surface area contributed by atoms with Crippen molar-refractivity contribution in [1.29, 1.82) is 0 Å². The van der Waals surface area contributed by atoms with Crippen molar-refractivity contribution < 1.29 is 0 Å². The zero-order valence-corrected chi connectivity index (χ0v) is 15.5. The molecular formula is C19H15ClN4OS. The number of halogens is 1. The molecule has 5 nitrogen and oxygen atoms in total. The molecule has 0 spiro atoms. The first-order chi connectivity index (χ1) is 12.6. The third kappa shape index (κ3) is 3.38. The molecule has 0 fully saturated rings. The van der Waals surface area contributed by atoms with Crippen molar-refractivity contribution in [2.75, 3.05) is 0 Å². The van der Waals surface area contributed by atoms with Crippen LogP contribution in [0.3, 0.4) is 0 Å². The molecule has 0 aliphatic rings. The third-order valence-electron chi connectivity index (χ3n) is 3.91. The number of pyridine rings is 1. The van der Waals surface area contributed by atoms with Crippen molar-refractivity contribution in [3.05, 3.63) is 87.7 Å². The monoisotopic (exact) mass is 382 g/mol. The smallest absolute Gasteiger partial charge is 0.258 e. The van der Waals surface area contributed by atoms with E-state index in [1.165, 1.54) is 16.0 Å². The Morgan fingerprint density at radius 2 is 2.08 bits per heavy atom.